The summed E-state index contributed by atoms with van der Waals surface area (Å²) in [7, 11) is 2.03. The van der Waals surface area contributed by atoms with Gasteiger partial charge < -0.3 is 5.32 Å². The lowest BCUT2D eigenvalue weighted by molar-refractivity contribution is 0.641. The standard InChI is InChI=1S/C16H27N/c1-4-14-10-11-15(5-2)16(13-14)9-7-6-8-12-17-3/h10-11,13,17H,4-9,12H2,1-3H3. The summed E-state index contributed by atoms with van der Waals surface area (Å²) >= 11 is 0. The van der Waals surface area contributed by atoms with E-state index in [-0.39, 0.29) is 0 Å². The van der Waals surface area contributed by atoms with Crippen LogP contribution in [0.1, 0.15) is 49.8 Å². The van der Waals surface area contributed by atoms with E-state index in [4.69, 9.17) is 0 Å². The third-order valence-corrected chi connectivity index (χ3v) is 3.43. The van der Waals surface area contributed by atoms with Gasteiger partial charge in [0.25, 0.3) is 0 Å². The molecule has 1 rings (SSSR count). The van der Waals surface area contributed by atoms with E-state index in [2.05, 4.69) is 37.4 Å². The van der Waals surface area contributed by atoms with E-state index in [9.17, 15) is 0 Å². The Labute approximate surface area is 107 Å². The molecule has 0 fully saturated rings. The number of benzene rings is 1. The van der Waals surface area contributed by atoms with Gasteiger partial charge in [0.15, 0.2) is 0 Å². The minimum absolute atomic E-state index is 1.15. The van der Waals surface area contributed by atoms with Gasteiger partial charge in [0.05, 0.1) is 0 Å². The van der Waals surface area contributed by atoms with Gasteiger partial charge in [-0.3, -0.25) is 0 Å². The van der Waals surface area contributed by atoms with Crippen LogP contribution in [-0.2, 0) is 19.3 Å². The van der Waals surface area contributed by atoms with Crippen molar-refractivity contribution in [1.29, 1.82) is 0 Å². The number of hydrogen-bond acceptors (Lipinski definition) is 1. The number of nitrogens with one attached hydrogen (secondary N) is 1. The van der Waals surface area contributed by atoms with Crippen LogP contribution >= 0.6 is 0 Å². The Morgan fingerprint density at radius 3 is 2.41 bits per heavy atom. The second-order valence-corrected chi connectivity index (χ2v) is 4.72. The summed E-state index contributed by atoms with van der Waals surface area (Å²) in [5, 5.41) is 3.21. The molecule has 1 aromatic rings. The van der Waals surface area contributed by atoms with Crippen LogP contribution in [0.4, 0.5) is 0 Å². The topological polar surface area (TPSA) is 12.0 Å². The third kappa shape index (κ3) is 4.91. The molecule has 0 radical (unpaired) electrons. The fourth-order valence-electron chi connectivity index (χ4n) is 2.27. The first-order chi connectivity index (χ1) is 8.31. The second kappa shape index (κ2) is 8.30. The van der Waals surface area contributed by atoms with E-state index in [1.807, 2.05) is 7.05 Å². The number of hydrogen-bond donors (Lipinski definition) is 1. The lowest BCUT2D eigenvalue weighted by atomic mass is 9.96. The van der Waals surface area contributed by atoms with E-state index in [1.54, 1.807) is 5.56 Å². The Morgan fingerprint density at radius 2 is 1.76 bits per heavy atom. The first-order valence-electron chi connectivity index (χ1n) is 7.07. The summed E-state index contributed by atoms with van der Waals surface area (Å²) in [5.41, 5.74) is 4.60. The average Bonchev–Trinajstić information content (AvgIpc) is 2.38. The maximum Gasteiger partial charge on any atom is -0.00519 e. The van der Waals surface area contributed by atoms with Gasteiger partial charge in [0, 0.05) is 0 Å². The van der Waals surface area contributed by atoms with Gasteiger partial charge >= 0.3 is 0 Å². The van der Waals surface area contributed by atoms with Gasteiger partial charge in [0.2, 0.25) is 0 Å². The van der Waals surface area contributed by atoms with E-state index in [0.29, 0.717) is 0 Å². The highest BCUT2D eigenvalue weighted by Crippen LogP contribution is 2.16. The normalized spacial score (nSPS) is 10.8. The van der Waals surface area contributed by atoms with Crippen LogP contribution in [0.2, 0.25) is 0 Å². The summed E-state index contributed by atoms with van der Waals surface area (Å²) in [6.45, 7) is 5.64. The van der Waals surface area contributed by atoms with E-state index in [0.717, 1.165) is 19.4 Å². The molecule has 0 saturated heterocycles. The van der Waals surface area contributed by atoms with Gasteiger partial charge in [-0.05, 0) is 62.4 Å². The summed E-state index contributed by atoms with van der Waals surface area (Å²) in [5.74, 6) is 0. The fraction of sp³-hybridized carbons (Fsp3) is 0.625. The van der Waals surface area contributed by atoms with Crippen LogP contribution in [0.15, 0.2) is 18.2 Å². The summed E-state index contributed by atoms with van der Waals surface area (Å²) in [6.07, 6.45) is 7.51. The predicted octanol–water partition coefficient (Wildman–Crippen LogP) is 3.74. The van der Waals surface area contributed by atoms with E-state index in [1.165, 1.54) is 36.8 Å². The fourth-order valence-corrected chi connectivity index (χ4v) is 2.27. The third-order valence-electron chi connectivity index (χ3n) is 3.43. The minimum atomic E-state index is 1.15. The maximum absolute atomic E-state index is 3.21. The van der Waals surface area contributed by atoms with Gasteiger partial charge in [0.1, 0.15) is 0 Å². The molecule has 0 aromatic heterocycles. The van der Waals surface area contributed by atoms with Crippen molar-refractivity contribution in [2.24, 2.45) is 0 Å². The highest BCUT2D eigenvalue weighted by atomic mass is 14.8. The zero-order valence-electron chi connectivity index (χ0n) is 11.7. The quantitative estimate of drug-likeness (QED) is 0.674. The molecular formula is C16H27N. The highest BCUT2D eigenvalue weighted by molar-refractivity contribution is 5.32. The first-order valence-corrected chi connectivity index (χ1v) is 7.07. The molecule has 1 heteroatoms. The summed E-state index contributed by atoms with van der Waals surface area (Å²) in [6, 6.07) is 7.02. The molecule has 0 aliphatic carbocycles. The van der Waals surface area contributed by atoms with Crippen LogP contribution < -0.4 is 5.32 Å². The summed E-state index contributed by atoms with van der Waals surface area (Å²) < 4.78 is 0. The first kappa shape index (κ1) is 14.2. The zero-order chi connectivity index (χ0) is 12.5. The molecule has 0 aliphatic rings. The Bertz CT molecular complexity index is 317. The Hall–Kier alpha value is -0.820. The Balaban J connectivity index is 2.49. The molecule has 0 unspecified atom stereocenters. The lowest BCUT2D eigenvalue weighted by Gasteiger charge is -2.10. The van der Waals surface area contributed by atoms with Gasteiger partial charge in [-0.15, -0.1) is 0 Å². The summed E-state index contributed by atoms with van der Waals surface area (Å²) in [4.78, 5) is 0. The predicted molar refractivity (Wildman–Crippen MR) is 76.7 cm³/mol. The Kier molecular flexibility index (Phi) is 6.95. The van der Waals surface area contributed by atoms with Crippen LogP contribution in [0.5, 0.6) is 0 Å². The maximum atomic E-state index is 3.21. The number of aryl methyl sites for hydroxylation is 3. The second-order valence-electron chi connectivity index (χ2n) is 4.72. The molecule has 0 heterocycles. The van der Waals surface area contributed by atoms with Crippen molar-refractivity contribution in [1.82, 2.24) is 5.32 Å². The molecule has 0 atom stereocenters. The number of unbranched alkanes of at least 4 members (excludes halogenated alkanes) is 2. The average molecular weight is 233 g/mol. The highest BCUT2D eigenvalue weighted by Gasteiger charge is 2.02. The molecule has 0 aliphatic heterocycles. The smallest absolute Gasteiger partial charge is 0.00519 e. The largest absolute Gasteiger partial charge is 0.320 e. The monoisotopic (exact) mass is 233 g/mol. The lowest BCUT2D eigenvalue weighted by Crippen LogP contribution is -2.07. The van der Waals surface area contributed by atoms with Crippen LogP contribution in [0.25, 0.3) is 0 Å². The molecule has 0 amide bonds. The Morgan fingerprint density at radius 1 is 0.941 bits per heavy atom. The molecule has 0 saturated carbocycles. The van der Waals surface area contributed by atoms with Crippen LogP contribution in [0.3, 0.4) is 0 Å². The molecule has 96 valence electrons. The van der Waals surface area contributed by atoms with Gasteiger partial charge in [-0.2, -0.15) is 0 Å². The van der Waals surface area contributed by atoms with Crippen molar-refractivity contribution in [2.45, 2.75) is 52.4 Å². The SMILES string of the molecule is CCc1ccc(CC)c(CCCCCNC)c1. The van der Waals surface area contributed by atoms with E-state index < -0.39 is 0 Å². The van der Waals surface area contributed by atoms with Crippen molar-refractivity contribution < 1.29 is 0 Å². The minimum Gasteiger partial charge on any atom is -0.320 e. The van der Waals surface area contributed by atoms with Crippen molar-refractivity contribution in [3.8, 4) is 0 Å². The molecule has 17 heavy (non-hydrogen) atoms. The van der Waals surface area contributed by atoms with Crippen molar-refractivity contribution in [3.05, 3.63) is 34.9 Å². The molecule has 0 spiro atoms. The van der Waals surface area contributed by atoms with Crippen molar-refractivity contribution in [3.63, 3.8) is 0 Å². The molecule has 1 nitrogen and oxygen atoms in total. The van der Waals surface area contributed by atoms with Gasteiger partial charge in [-0.25, -0.2) is 0 Å². The van der Waals surface area contributed by atoms with Crippen molar-refractivity contribution in [2.75, 3.05) is 13.6 Å². The van der Waals surface area contributed by atoms with E-state index >= 15 is 0 Å². The van der Waals surface area contributed by atoms with Gasteiger partial charge in [-0.1, -0.05) is 38.5 Å². The molecule has 1 aromatic carbocycles. The molecule has 0 bridgehead atoms. The van der Waals surface area contributed by atoms with Crippen molar-refractivity contribution >= 4 is 0 Å². The molecular weight excluding hydrogens is 206 g/mol. The van der Waals surface area contributed by atoms with Crippen LogP contribution in [0, 0.1) is 0 Å². The number of rotatable bonds is 8. The zero-order valence-corrected chi connectivity index (χ0v) is 11.7. The van der Waals surface area contributed by atoms with Crippen LogP contribution in [-0.4, -0.2) is 13.6 Å². The molecule has 1 N–H and O–H groups in total.